The lowest BCUT2D eigenvalue weighted by Crippen LogP contribution is -2.17. The van der Waals surface area contributed by atoms with Crippen molar-refractivity contribution in [3.05, 3.63) is 18.2 Å². The molecule has 2 aromatic rings. The second kappa shape index (κ2) is 5.52. The SMILES string of the molecule is Cn1ccc(-c2noc(CCC(C)(C)CCN)n2)n1. The Morgan fingerprint density at radius 2 is 2.16 bits per heavy atom. The first-order chi connectivity index (χ1) is 9.00. The van der Waals surface area contributed by atoms with Crippen molar-refractivity contribution in [1.82, 2.24) is 19.9 Å². The zero-order chi connectivity index (χ0) is 13.9. The van der Waals surface area contributed by atoms with E-state index in [0.717, 1.165) is 25.0 Å². The summed E-state index contributed by atoms with van der Waals surface area (Å²) in [5, 5.41) is 8.21. The van der Waals surface area contributed by atoms with E-state index in [0.29, 0.717) is 18.3 Å². The van der Waals surface area contributed by atoms with Gasteiger partial charge in [0, 0.05) is 19.7 Å². The Balaban J connectivity index is 1.98. The molecule has 0 aliphatic heterocycles. The van der Waals surface area contributed by atoms with Gasteiger partial charge in [0.05, 0.1) is 0 Å². The largest absolute Gasteiger partial charge is 0.339 e. The van der Waals surface area contributed by atoms with Gasteiger partial charge in [-0.15, -0.1) is 0 Å². The molecule has 0 aliphatic rings. The van der Waals surface area contributed by atoms with Gasteiger partial charge in [0.1, 0.15) is 5.69 Å². The maximum atomic E-state index is 5.60. The number of aryl methyl sites for hydroxylation is 2. The number of aromatic nitrogens is 4. The minimum absolute atomic E-state index is 0.203. The van der Waals surface area contributed by atoms with Crippen molar-refractivity contribution < 1.29 is 4.52 Å². The summed E-state index contributed by atoms with van der Waals surface area (Å²) in [6.07, 6.45) is 4.60. The van der Waals surface area contributed by atoms with Crippen LogP contribution in [-0.2, 0) is 13.5 Å². The molecule has 0 atom stereocenters. The number of rotatable bonds is 6. The quantitative estimate of drug-likeness (QED) is 0.859. The Bertz CT molecular complexity index is 529. The maximum Gasteiger partial charge on any atom is 0.227 e. The van der Waals surface area contributed by atoms with Crippen LogP contribution in [0.25, 0.3) is 11.5 Å². The molecule has 0 saturated heterocycles. The average Bonchev–Trinajstić information content (AvgIpc) is 2.95. The third-order valence-electron chi connectivity index (χ3n) is 3.25. The van der Waals surface area contributed by atoms with E-state index in [9.17, 15) is 0 Å². The van der Waals surface area contributed by atoms with Crippen LogP contribution in [0, 0.1) is 5.41 Å². The average molecular weight is 263 g/mol. The first-order valence-corrected chi connectivity index (χ1v) is 6.53. The van der Waals surface area contributed by atoms with Crippen LogP contribution < -0.4 is 5.73 Å². The van der Waals surface area contributed by atoms with E-state index < -0.39 is 0 Å². The Kier molecular flexibility index (Phi) is 3.99. The molecule has 104 valence electrons. The normalized spacial score (nSPS) is 12.0. The van der Waals surface area contributed by atoms with Crippen molar-refractivity contribution in [2.75, 3.05) is 6.54 Å². The van der Waals surface area contributed by atoms with Gasteiger partial charge < -0.3 is 10.3 Å². The third-order valence-corrected chi connectivity index (χ3v) is 3.25. The monoisotopic (exact) mass is 263 g/mol. The van der Waals surface area contributed by atoms with Gasteiger partial charge in [-0.1, -0.05) is 19.0 Å². The molecule has 0 radical (unpaired) electrons. The van der Waals surface area contributed by atoms with Crippen LogP contribution in [0.5, 0.6) is 0 Å². The zero-order valence-electron chi connectivity index (χ0n) is 11.8. The summed E-state index contributed by atoms with van der Waals surface area (Å²) in [5.74, 6) is 1.21. The smallest absolute Gasteiger partial charge is 0.227 e. The molecular weight excluding hydrogens is 242 g/mol. The number of nitrogens with zero attached hydrogens (tertiary/aromatic N) is 4. The fourth-order valence-electron chi connectivity index (χ4n) is 1.96. The standard InChI is InChI=1S/C13H21N5O/c1-13(2,7-8-14)6-4-11-15-12(17-19-11)10-5-9-18(3)16-10/h5,9H,4,6-8,14H2,1-3H3. The predicted molar refractivity (Wildman–Crippen MR) is 72.3 cm³/mol. The highest BCUT2D eigenvalue weighted by molar-refractivity contribution is 5.46. The van der Waals surface area contributed by atoms with Gasteiger partial charge >= 0.3 is 0 Å². The second-order valence-electron chi connectivity index (χ2n) is 5.59. The van der Waals surface area contributed by atoms with Crippen molar-refractivity contribution in [2.45, 2.75) is 33.1 Å². The summed E-state index contributed by atoms with van der Waals surface area (Å²) in [5.41, 5.74) is 6.54. The summed E-state index contributed by atoms with van der Waals surface area (Å²) in [7, 11) is 1.86. The highest BCUT2D eigenvalue weighted by Crippen LogP contribution is 2.26. The Morgan fingerprint density at radius 1 is 1.37 bits per heavy atom. The van der Waals surface area contributed by atoms with Gasteiger partial charge in [0.2, 0.25) is 11.7 Å². The lowest BCUT2D eigenvalue weighted by molar-refractivity contribution is 0.289. The summed E-state index contributed by atoms with van der Waals surface area (Å²) in [4.78, 5) is 4.37. The molecule has 2 N–H and O–H groups in total. The molecule has 6 nitrogen and oxygen atoms in total. The minimum Gasteiger partial charge on any atom is -0.339 e. The summed E-state index contributed by atoms with van der Waals surface area (Å²) < 4.78 is 6.98. The van der Waals surface area contributed by atoms with Crippen LogP contribution in [0.1, 0.15) is 32.6 Å². The predicted octanol–water partition coefficient (Wildman–Crippen LogP) is 1.78. The van der Waals surface area contributed by atoms with E-state index >= 15 is 0 Å². The Morgan fingerprint density at radius 3 is 2.79 bits per heavy atom. The van der Waals surface area contributed by atoms with Crippen LogP contribution in [-0.4, -0.2) is 26.5 Å². The molecule has 0 saturated carbocycles. The van der Waals surface area contributed by atoms with Gasteiger partial charge in [-0.25, -0.2) is 0 Å². The lowest BCUT2D eigenvalue weighted by Gasteiger charge is -2.22. The summed E-state index contributed by atoms with van der Waals surface area (Å²) in [6, 6.07) is 1.87. The molecule has 0 amide bonds. The van der Waals surface area contributed by atoms with Crippen molar-refractivity contribution in [2.24, 2.45) is 18.2 Å². The number of hydrogen-bond acceptors (Lipinski definition) is 5. The topological polar surface area (TPSA) is 82.8 Å². The van der Waals surface area contributed by atoms with Crippen LogP contribution >= 0.6 is 0 Å². The van der Waals surface area contributed by atoms with Gasteiger partial charge in [0.15, 0.2) is 0 Å². The third kappa shape index (κ3) is 3.64. The molecule has 2 rings (SSSR count). The fourth-order valence-corrected chi connectivity index (χ4v) is 1.96. The van der Waals surface area contributed by atoms with E-state index in [2.05, 4.69) is 29.1 Å². The second-order valence-corrected chi connectivity index (χ2v) is 5.59. The van der Waals surface area contributed by atoms with E-state index in [-0.39, 0.29) is 5.41 Å². The first-order valence-electron chi connectivity index (χ1n) is 6.53. The molecule has 0 fully saturated rings. The van der Waals surface area contributed by atoms with Crippen LogP contribution in [0.3, 0.4) is 0 Å². The van der Waals surface area contributed by atoms with Crippen LogP contribution in [0.4, 0.5) is 0 Å². The Hall–Kier alpha value is -1.69. The van der Waals surface area contributed by atoms with E-state index in [1.807, 2.05) is 19.3 Å². The molecule has 2 aromatic heterocycles. The van der Waals surface area contributed by atoms with Crippen LogP contribution in [0.15, 0.2) is 16.8 Å². The van der Waals surface area contributed by atoms with E-state index in [1.54, 1.807) is 4.68 Å². The van der Waals surface area contributed by atoms with E-state index in [1.165, 1.54) is 0 Å². The van der Waals surface area contributed by atoms with Gasteiger partial charge in [-0.3, -0.25) is 4.68 Å². The van der Waals surface area contributed by atoms with E-state index in [4.69, 9.17) is 10.3 Å². The first kappa shape index (κ1) is 13.7. The number of hydrogen-bond donors (Lipinski definition) is 1. The van der Waals surface area contributed by atoms with Crippen molar-refractivity contribution in [1.29, 1.82) is 0 Å². The fraction of sp³-hybridized carbons (Fsp3) is 0.615. The molecule has 0 bridgehead atoms. The molecule has 2 heterocycles. The molecule has 0 unspecified atom stereocenters. The molecule has 0 aliphatic carbocycles. The molecule has 0 aromatic carbocycles. The maximum absolute atomic E-state index is 5.60. The van der Waals surface area contributed by atoms with Crippen molar-refractivity contribution >= 4 is 0 Å². The zero-order valence-corrected chi connectivity index (χ0v) is 11.8. The van der Waals surface area contributed by atoms with Crippen molar-refractivity contribution in [3.8, 4) is 11.5 Å². The Labute approximate surface area is 113 Å². The van der Waals surface area contributed by atoms with Gasteiger partial charge in [-0.2, -0.15) is 10.1 Å². The molecule has 6 heteroatoms. The highest BCUT2D eigenvalue weighted by atomic mass is 16.5. The minimum atomic E-state index is 0.203. The number of nitrogens with two attached hydrogens (primary N) is 1. The molecule has 19 heavy (non-hydrogen) atoms. The van der Waals surface area contributed by atoms with Crippen molar-refractivity contribution in [3.63, 3.8) is 0 Å². The van der Waals surface area contributed by atoms with Gasteiger partial charge in [0.25, 0.3) is 0 Å². The molecule has 0 spiro atoms. The lowest BCUT2D eigenvalue weighted by atomic mass is 9.84. The van der Waals surface area contributed by atoms with Crippen LogP contribution in [0.2, 0.25) is 0 Å². The summed E-state index contributed by atoms with van der Waals surface area (Å²) in [6.45, 7) is 5.11. The summed E-state index contributed by atoms with van der Waals surface area (Å²) >= 11 is 0. The molecular formula is C13H21N5O. The van der Waals surface area contributed by atoms with Gasteiger partial charge in [-0.05, 0) is 30.9 Å². The highest BCUT2D eigenvalue weighted by Gasteiger charge is 2.19.